The third-order valence-electron chi connectivity index (χ3n) is 5.31. The molecule has 4 aromatic rings. The predicted octanol–water partition coefficient (Wildman–Crippen LogP) is 4.01. The molecule has 0 spiro atoms. The van der Waals surface area contributed by atoms with Crippen molar-refractivity contribution < 1.29 is 27.1 Å². The lowest BCUT2D eigenvalue weighted by molar-refractivity contribution is 0.102. The number of ether oxygens (including phenoxy) is 2. The van der Waals surface area contributed by atoms with Crippen LogP contribution in [0.4, 0.5) is 11.4 Å². The van der Waals surface area contributed by atoms with Gasteiger partial charge in [-0.2, -0.15) is 0 Å². The van der Waals surface area contributed by atoms with Crippen molar-refractivity contribution in [2.75, 3.05) is 23.3 Å². The van der Waals surface area contributed by atoms with Crippen molar-refractivity contribution in [3.05, 3.63) is 88.8 Å². The Balaban J connectivity index is 1.28. The van der Waals surface area contributed by atoms with Crippen molar-refractivity contribution in [1.29, 1.82) is 0 Å². The molecule has 1 aliphatic rings. The first-order valence-electron chi connectivity index (χ1n) is 10.8. The maximum atomic E-state index is 12.8. The van der Waals surface area contributed by atoms with Gasteiger partial charge in [-0.05, 0) is 60.7 Å². The van der Waals surface area contributed by atoms with Crippen LogP contribution >= 0.6 is 0 Å². The van der Waals surface area contributed by atoms with E-state index in [4.69, 9.17) is 13.9 Å². The van der Waals surface area contributed by atoms with Crippen LogP contribution in [0.2, 0.25) is 0 Å². The van der Waals surface area contributed by atoms with Crippen LogP contribution in [0.25, 0.3) is 11.0 Å². The van der Waals surface area contributed by atoms with E-state index in [1.165, 1.54) is 42.5 Å². The van der Waals surface area contributed by atoms with Crippen molar-refractivity contribution in [3.63, 3.8) is 0 Å². The highest BCUT2D eigenvalue weighted by atomic mass is 32.2. The van der Waals surface area contributed by atoms with E-state index in [0.29, 0.717) is 59.0 Å². The zero-order valence-electron chi connectivity index (χ0n) is 18.3. The topological polar surface area (TPSA) is 124 Å². The van der Waals surface area contributed by atoms with Gasteiger partial charge >= 0.3 is 5.63 Å². The van der Waals surface area contributed by atoms with Crippen molar-refractivity contribution in [1.82, 2.24) is 0 Å². The number of amides is 1. The zero-order chi connectivity index (χ0) is 24.4. The highest BCUT2D eigenvalue weighted by Gasteiger charge is 2.19. The Morgan fingerprint density at radius 3 is 2.34 bits per heavy atom. The number of benzene rings is 3. The SMILES string of the molecule is O=C(Nc1ccc2oc(=O)ccc2c1)c1ccc(NS(=O)(=O)c2ccc3c(c2)OCCCO3)cc1. The number of rotatable bonds is 5. The second-order valence-corrected chi connectivity index (χ2v) is 9.49. The number of hydrogen-bond donors (Lipinski definition) is 2. The van der Waals surface area contributed by atoms with Gasteiger partial charge in [0.1, 0.15) is 5.58 Å². The molecule has 0 atom stereocenters. The van der Waals surface area contributed by atoms with Crippen molar-refractivity contribution in [2.24, 2.45) is 0 Å². The lowest BCUT2D eigenvalue weighted by Gasteiger charge is -2.12. The monoisotopic (exact) mass is 492 g/mol. The van der Waals surface area contributed by atoms with E-state index < -0.39 is 15.6 Å². The van der Waals surface area contributed by atoms with E-state index >= 15 is 0 Å². The standard InChI is InChI=1S/C25H20N2O7S/c28-24-11-4-17-14-19(7-9-21(17)34-24)26-25(29)16-2-5-18(6-3-16)27-35(30,31)20-8-10-22-23(15-20)33-13-1-12-32-22/h2-11,14-15,27H,1,12-13H2,(H,26,29). The average Bonchev–Trinajstić information content (AvgIpc) is 3.09. The van der Waals surface area contributed by atoms with Crippen LogP contribution in [-0.4, -0.2) is 27.5 Å². The van der Waals surface area contributed by atoms with Crippen LogP contribution < -0.4 is 25.1 Å². The molecule has 0 aliphatic carbocycles. The summed E-state index contributed by atoms with van der Waals surface area (Å²) in [5.74, 6) is 0.514. The molecule has 0 saturated heterocycles. The van der Waals surface area contributed by atoms with Gasteiger partial charge in [0.2, 0.25) is 0 Å². The van der Waals surface area contributed by atoms with Gasteiger partial charge in [0, 0.05) is 40.9 Å². The molecule has 0 unspecified atom stereocenters. The molecule has 10 heteroatoms. The summed E-state index contributed by atoms with van der Waals surface area (Å²) >= 11 is 0. The van der Waals surface area contributed by atoms with Crippen LogP contribution in [0.5, 0.6) is 11.5 Å². The fourth-order valence-corrected chi connectivity index (χ4v) is 4.64. The molecule has 2 N–H and O–H groups in total. The summed E-state index contributed by atoms with van der Waals surface area (Å²) in [6.45, 7) is 0.958. The minimum atomic E-state index is -3.88. The Kier molecular flexibility index (Phi) is 5.87. The second kappa shape index (κ2) is 9.15. The van der Waals surface area contributed by atoms with Gasteiger partial charge in [0.15, 0.2) is 11.5 Å². The van der Waals surface area contributed by atoms with Gasteiger partial charge in [-0.1, -0.05) is 0 Å². The Morgan fingerprint density at radius 1 is 0.800 bits per heavy atom. The molecular formula is C25H20N2O7S. The number of anilines is 2. The summed E-state index contributed by atoms with van der Waals surface area (Å²) in [7, 11) is -3.88. The normalized spacial score (nSPS) is 13.1. The number of fused-ring (bicyclic) bond motifs is 2. The minimum Gasteiger partial charge on any atom is -0.490 e. The van der Waals surface area contributed by atoms with Crippen LogP contribution in [-0.2, 0) is 10.0 Å². The lowest BCUT2D eigenvalue weighted by Crippen LogP contribution is -2.14. The minimum absolute atomic E-state index is 0.0377. The van der Waals surface area contributed by atoms with Gasteiger partial charge < -0.3 is 19.2 Å². The molecule has 9 nitrogen and oxygen atoms in total. The Hall–Kier alpha value is -4.31. The molecule has 0 saturated carbocycles. The van der Waals surface area contributed by atoms with Crippen LogP contribution in [0.3, 0.4) is 0 Å². The van der Waals surface area contributed by atoms with Gasteiger partial charge in [0.05, 0.1) is 18.1 Å². The van der Waals surface area contributed by atoms with Gasteiger partial charge in [-0.25, -0.2) is 13.2 Å². The molecule has 1 amide bonds. The molecule has 0 fully saturated rings. The first-order chi connectivity index (χ1) is 16.9. The smallest absolute Gasteiger partial charge is 0.336 e. The first kappa shape index (κ1) is 22.5. The summed E-state index contributed by atoms with van der Waals surface area (Å²) in [5, 5.41) is 3.44. The number of hydrogen-bond acceptors (Lipinski definition) is 7. The highest BCUT2D eigenvalue weighted by molar-refractivity contribution is 7.92. The zero-order valence-corrected chi connectivity index (χ0v) is 19.1. The Morgan fingerprint density at radius 2 is 1.54 bits per heavy atom. The predicted molar refractivity (Wildman–Crippen MR) is 130 cm³/mol. The van der Waals surface area contributed by atoms with E-state index in [0.717, 1.165) is 0 Å². The summed E-state index contributed by atoms with van der Waals surface area (Å²) in [4.78, 5) is 24.0. The number of nitrogens with one attached hydrogen (secondary N) is 2. The largest absolute Gasteiger partial charge is 0.490 e. The average molecular weight is 493 g/mol. The fourth-order valence-electron chi connectivity index (χ4n) is 3.57. The van der Waals surface area contributed by atoms with Crippen molar-refractivity contribution in [2.45, 2.75) is 11.3 Å². The molecular weight excluding hydrogens is 472 g/mol. The molecule has 1 aliphatic heterocycles. The summed E-state index contributed by atoms with van der Waals surface area (Å²) < 4.78 is 44.4. The second-order valence-electron chi connectivity index (χ2n) is 7.80. The summed E-state index contributed by atoms with van der Waals surface area (Å²) in [5.41, 5.74) is 1.13. The van der Waals surface area contributed by atoms with Gasteiger partial charge in [-0.15, -0.1) is 0 Å². The van der Waals surface area contributed by atoms with E-state index in [9.17, 15) is 18.0 Å². The third-order valence-corrected chi connectivity index (χ3v) is 6.68. The molecule has 0 radical (unpaired) electrons. The maximum Gasteiger partial charge on any atom is 0.336 e. The molecule has 5 rings (SSSR count). The van der Waals surface area contributed by atoms with E-state index in [2.05, 4.69) is 10.0 Å². The fraction of sp³-hybridized carbons (Fsp3) is 0.120. The Labute approximate surface area is 200 Å². The number of carbonyl (C=O) groups is 1. The van der Waals surface area contributed by atoms with E-state index in [1.54, 1.807) is 30.3 Å². The maximum absolute atomic E-state index is 12.8. The van der Waals surface area contributed by atoms with E-state index in [1.807, 2.05) is 0 Å². The quantitative estimate of drug-likeness (QED) is 0.404. The molecule has 178 valence electrons. The third kappa shape index (κ3) is 4.97. The van der Waals surface area contributed by atoms with E-state index in [-0.39, 0.29) is 10.8 Å². The van der Waals surface area contributed by atoms with Crippen LogP contribution in [0.1, 0.15) is 16.8 Å². The Bertz CT molecular complexity index is 1580. The number of sulfonamides is 1. The summed E-state index contributed by atoms with van der Waals surface area (Å²) in [6, 6.07) is 18.3. The first-order valence-corrected chi connectivity index (χ1v) is 12.2. The van der Waals surface area contributed by atoms with Crippen molar-refractivity contribution >= 4 is 38.3 Å². The van der Waals surface area contributed by atoms with Gasteiger partial charge in [-0.3, -0.25) is 9.52 Å². The number of carbonyl (C=O) groups excluding carboxylic acids is 1. The van der Waals surface area contributed by atoms with Gasteiger partial charge in [0.25, 0.3) is 15.9 Å². The van der Waals surface area contributed by atoms with Crippen molar-refractivity contribution in [3.8, 4) is 11.5 Å². The molecule has 3 aromatic carbocycles. The summed E-state index contributed by atoms with van der Waals surface area (Å²) in [6.07, 6.45) is 0.716. The highest BCUT2D eigenvalue weighted by Crippen LogP contribution is 2.32. The molecule has 1 aromatic heterocycles. The van der Waals surface area contributed by atoms with Crippen LogP contribution in [0, 0.1) is 0 Å². The molecule has 35 heavy (non-hydrogen) atoms. The van der Waals surface area contributed by atoms with Crippen LogP contribution in [0.15, 0.2) is 86.9 Å². The lowest BCUT2D eigenvalue weighted by atomic mass is 10.1. The molecule has 2 heterocycles. The molecule has 0 bridgehead atoms.